The van der Waals surface area contributed by atoms with Crippen molar-refractivity contribution in [2.75, 3.05) is 39.5 Å². The van der Waals surface area contributed by atoms with Gasteiger partial charge in [-0.3, -0.25) is 9.59 Å². The second-order valence-corrected chi connectivity index (χ2v) is 11.3. The van der Waals surface area contributed by atoms with E-state index in [2.05, 4.69) is 6.58 Å². The topological polar surface area (TPSA) is 88.9 Å². The van der Waals surface area contributed by atoms with Crippen molar-refractivity contribution in [3.8, 4) is 16.9 Å². The van der Waals surface area contributed by atoms with Gasteiger partial charge in [-0.05, 0) is 29.7 Å². The zero-order chi connectivity index (χ0) is 24.6. The van der Waals surface area contributed by atoms with Crippen LogP contribution in [-0.4, -0.2) is 67.6 Å². The van der Waals surface area contributed by atoms with Crippen LogP contribution >= 0.6 is 11.3 Å². The molecule has 0 aliphatic carbocycles. The van der Waals surface area contributed by atoms with E-state index >= 15 is 0 Å². The van der Waals surface area contributed by atoms with Gasteiger partial charge in [0, 0.05) is 49.7 Å². The Kier molecular flexibility index (Phi) is 6.66. The number of nitrogens with zero attached hydrogens (tertiary/aromatic N) is 3. The Morgan fingerprint density at radius 3 is 2.53 bits per heavy atom. The molecule has 1 aliphatic rings. The van der Waals surface area contributed by atoms with Crippen LogP contribution in [0.2, 0.25) is 0 Å². The lowest BCUT2D eigenvalue weighted by molar-refractivity contribution is 0.0703. The standard InChI is InChI=1S/C24H27N3O5S2/c1-5-6-16-7-8-17(13-20(16)32-3)19-15-25(2)23(28)18-14-21(33-22(18)19)24(29)26-9-11-27(12-10-26)34(4,30)31/h5,7-8,13-15H,1,6,9-12H2,2-4H3. The summed E-state index contributed by atoms with van der Waals surface area (Å²) in [4.78, 5) is 28.2. The summed E-state index contributed by atoms with van der Waals surface area (Å²) in [6, 6.07) is 7.55. The van der Waals surface area contributed by atoms with Gasteiger partial charge in [0.25, 0.3) is 11.5 Å². The molecule has 1 amide bonds. The predicted molar refractivity (Wildman–Crippen MR) is 135 cm³/mol. The number of carbonyl (C=O) groups excluding carboxylic acids is 1. The summed E-state index contributed by atoms with van der Waals surface area (Å²) in [5, 5.41) is 0.484. The minimum absolute atomic E-state index is 0.175. The summed E-state index contributed by atoms with van der Waals surface area (Å²) in [6.07, 6.45) is 5.44. The first-order valence-electron chi connectivity index (χ1n) is 10.8. The molecule has 180 valence electrons. The van der Waals surface area contributed by atoms with E-state index in [0.29, 0.717) is 29.8 Å². The molecular formula is C24H27N3O5S2. The molecule has 1 aromatic carbocycles. The predicted octanol–water partition coefficient (Wildman–Crippen LogP) is 2.72. The molecule has 0 spiro atoms. The van der Waals surface area contributed by atoms with Gasteiger partial charge < -0.3 is 14.2 Å². The number of benzene rings is 1. The van der Waals surface area contributed by atoms with Gasteiger partial charge >= 0.3 is 0 Å². The van der Waals surface area contributed by atoms with Gasteiger partial charge in [0.05, 0.1) is 23.6 Å². The lowest BCUT2D eigenvalue weighted by Gasteiger charge is -2.32. The number of amides is 1. The fourth-order valence-electron chi connectivity index (χ4n) is 4.18. The number of carbonyl (C=O) groups is 1. The molecule has 1 saturated heterocycles. The van der Waals surface area contributed by atoms with E-state index in [9.17, 15) is 18.0 Å². The van der Waals surface area contributed by atoms with E-state index in [0.717, 1.165) is 27.1 Å². The molecule has 0 atom stereocenters. The number of hydrogen-bond donors (Lipinski definition) is 0. The molecule has 34 heavy (non-hydrogen) atoms. The Balaban J connectivity index is 1.73. The van der Waals surface area contributed by atoms with Crippen molar-refractivity contribution in [1.82, 2.24) is 13.8 Å². The zero-order valence-corrected chi connectivity index (χ0v) is 21.0. The summed E-state index contributed by atoms with van der Waals surface area (Å²) >= 11 is 1.28. The number of methoxy groups -OCH3 is 1. The van der Waals surface area contributed by atoms with Gasteiger partial charge in [-0.25, -0.2) is 8.42 Å². The van der Waals surface area contributed by atoms with Crippen molar-refractivity contribution in [3.05, 3.63) is 63.9 Å². The number of sulfonamides is 1. The maximum atomic E-state index is 13.2. The Hall–Kier alpha value is -2.95. The third-order valence-electron chi connectivity index (χ3n) is 6.02. The van der Waals surface area contributed by atoms with E-state index in [4.69, 9.17) is 4.74 Å². The average molecular weight is 502 g/mol. The molecule has 0 radical (unpaired) electrons. The Morgan fingerprint density at radius 2 is 1.91 bits per heavy atom. The van der Waals surface area contributed by atoms with Crippen LogP contribution in [0.1, 0.15) is 15.2 Å². The first-order valence-corrected chi connectivity index (χ1v) is 13.5. The Bertz CT molecular complexity index is 1430. The van der Waals surface area contributed by atoms with Gasteiger partial charge in [0.2, 0.25) is 10.0 Å². The van der Waals surface area contributed by atoms with Gasteiger partial charge in [0.1, 0.15) is 5.75 Å². The minimum Gasteiger partial charge on any atom is -0.496 e. The van der Waals surface area contributed by atoms with Gasteiger partial charge in [-0.1, -0.05) is 18.2 Å². The number of allylic oxidation sites excluding steroid dienone is 1. The number of aromatic nitrogens is 1. The van der Waals surface area contributed by atoms with Crippen LogP contribution in [0.15, 0.2) is 47.9 Å². The summed E-state index contributed by atoms with van der Waals surface area (Å²) in [6.45, 7) is 4.94. The molecular weight excluding hydrogens is 474 g/mol. The summed E-state index contributed by atoms with van der Waals surface area (Å²) in [5.41, 5.74) is 2.56. The maximum Gasteiger partial charge on any atom is 0.264 e. The Morgan fingerprint density at radius 1 is 1.21 bits per heavy atom. The van der Waals surface area contributed by atoms with Crippen LogP contribution in [-0.2, 0) is 23.5 Å². The van der Waals surface area contributed by atoms with Crippen molar-refractivity contribution < 1.29 is 17.9 Å². The van der Waals surface area contributed by atoms with Crippen LogP contribution in [0.4, 0.5) is 0 Å². The normalized spacial score (nSPS) is 15.0. The minimum atomic E-state index is -3.28. The van der Waals surface area contributed by atoms with Crippen molar-refractivity contribution in [3.63, 3.8) is 0 Å². The van der Waals surface area contributed by atoms with Crippen molar-refractivity contribution in [2.45, 2.75) is 6.42 Å². The van der Waals surface area contributed by atoms with Crippen LogP contribution < -0.4 is 10.3 Å². The van der Waals surface area contributed by atoms with Crippen LogP contribution in [0, 0.1) is 0 Å². The maximum absolute atomic E-state index is 13.2. The number of thiophene rings is 1. The number of fused-ring (bicyclic) bond motifs is 1. The van der Waals surface area contributed by atoms with Crippen molar-refractivity contribution in [1.29, 1.82) is 0 Å². The lowest BCUT2D eigenvalue weighted by atomic mass is 10.0. The highest BCUT2D eigenvalue weighted by Gasteiger charge is 2.28. The smallest absolute Gasteiger partial charge is 0.264 e. The zero-order valence-electron chi connectivity index (χ0n) is 19.4. The first-order chi connectivity index (χ1) is 16.1. The highest BCUT2D eigenvalue weighted by molar-refractivity contribution is 7.88. The van der Waals surface area contributed by atoms with Gasteiger partial charge in [-0.15, -0.1) is 17.9 Å². The number of pyridine rings is 1. The molecule has 8 nitrogen and oxygen atoms in total. The molecule has 0 unspecified atom stereocenters. The van der Waals surface area contributed by atoms with E-state index < -0.39 is 10.0 Å². The first kappa shape index (κ1) is 24.2. The average Bonchev–Trinajstić information content (AvgIpc) is 3.27. The second-order valence-electron chi connectivity index (χ2n) is 8.29. The van der Waals surface area contributed by atoms with E-state index in [1.807, 2.05) is 24.3 Å². The fraction of sp³-hybridized carbons (Fsp3) is 0.333. The summed E-state index contributed by atoms with van der Waals surface area (Å²) in [5.74, 6) is 0.539. The lowest BCUT2D eigenvalue weighted by Crippen LogP contribution is -2.50. The number of hydrogen-bond acceptors (Lipinski definition) is 6. The largest absolute Gasteiger partial charge is 0.496 e. The molecule has 1 aliphatic heterocycles. The number of aryl methyl sites for hydroxylation is 1. The van der Waals surface area contributed by atoms with Gasteiger partial charge in [0.15, 0.2) is 0 Å². The molecule has 10 heteroatoms. The highest BCUT2D eigenvalue weighted by Crippen LogP contribution is 2.36. The molecule has 0 saturated carbocycles. The van der Waals surface area contributed by atoms with Crippen molar-refractivity contribution in [2.24, 2.45) is 7.05 Å². The van der Waals surface area contributed by atoms with E-state index in [1.165, 1.54) is 26.5 Å². The third kappa shape index (κ3) is 4.53. The number of ether oxygens (including phenoxy) is 1. The molecule has 0 bridgehead atoms. The third-order valence-corrected chi connectivity index (χ3v) is 8.48. The summed E-state index contributed by atoms with van der Waals surface area (Å²) < 4.78 is 32.7. The SMILES string of the molecule is C=CCc1ccc(-c2cn(C)c(=O)c3cc(C(=O)N4CCN(S(C)(=O)=O)CC4)sc23)cc1OC. The fourth-order valence-corrected chi connectivity index (χ4v) is 6.15. The molecule has 0 N–H and O–H groups in total. The van der Waals surface area contributed by atoms with Gasteiger partial charge in [-0.2, -0.15) is 4.31 Å². The number of piperazine rings is 1. The molecule has 3 aromatic rings. The summed E-state index contributed by atoms with van der Waals surface area (Å²) in [7, 11) is 0.0299. The van der Waals surface area contributed by atoms with E-state index in [1.54, 1.807) is 31.3 Å². The quantitative estimate of drug-likeness (QED) is 0.485. The van der Waals surface area contributed by atoms with Crippen LogP contribution in [0.5, 0.6) is 5.75 Å². The second kappa shape index (κ2) is 9.36. The number of rotatable bonds is 6. The van der Waals surface area contributed by atoms with Crippen molar-refractivity contribution >= 4 is 37.4 Å². The highest BCUT2D eigenvalue weighted by atomic mass is 32.2. The van der Waals surface area contributed by atoms with E-state index in [-0.39, 0.29) is 24.6 Å². The molecule has 2 aromatic heterocycles. The monoisotopic (exact) mass is 501 g/mol. The Labute approximate surface area is 202 Å². The van der Waals surface area contributed by atoms with Crippen LogP contribution in [0.3, 0.4) is 0 Å². The van der Waals surface area contributed by atoms with Crippen LogP contribution in [0.25, 0.3) is 21.2 Å². The molecule has 3 heterocycles. The molecule has 1 fully saturated rings. The molecule has 4 rings (SSSR count).